The van der Waals surface area contributed by atoms with Crippen molar-refractivity contribution in [3.05, 3.63) is 66.5 Å². The molecule has 3 heterocycles. The highest BCUT2D eigenvalue weighted by atomic mass is 19.1. The van der Waals surface area contributed by atoms with Gasteiger partial charge in [0.15, 0.2) is 5.82 Å². The molecule has 2 aromatic heterocycles. The van der Waals surface area contributed by atoms with Crippen LogP contribution in [0.15, 0.2) is 54.9 Å². The third kappa shape index (κ3) is 4.66. The topological polar surface area (TPSA) is 54.4 Å². The predicted octanol–water partition coefficient (Wildman–Crippen LogP) is 5.18. The Labute approximate surface area is 203 Å². The average Bonchev–Trinajstić information content (AvgIpc) is 3.29. The van der Waals surface area contributed by atoms with Gasteiger partial charge < -0.3 is 14.5 Å². The maximum absolute atomic E-state index is 14.0. The van der Waals surface area contributed by atoms with Crippen LogP contribution in [0.1, 0.15) is 12.8 Å². The number of nitrogens with zero attached hydrogens (tertiary/aromatic N) is 5. The molecule has 6 nitrogen and oxygen atoms in total. The lowest BCUT2D eigenvalue weighted by Gasteiger charge is -2.29. The molecule has 8 heteroatoms. The molecule has 1 atom stereocenters. The molecule has 1 aliphatic rings. The van der Waals surface area contributed by atoms with Gasteiger partial charge in [-0.15, -0.1) is 0 Å². The molecule has 0 radical (unpaired) electrons. The number of pyridine rings is 1. The zero-order valence-corrected chi connectivity index (χ0v) is 20.0. The minimum Gasteiger partial charge on any atom is -0.494 e. The van der Waals surface area contributed by atoms with Crippen molar-refractivity contribution in [3.8, 4) is 28.3 Å². The summed E-state index contributed by atoms with van der Waals surface area (Å²) in [6.07, 6.45) is 5.56. The summed E-state index contributed by atoms with van der Waals surface area (Å²) in [7, 11) is 5.70. The van der Waals surface area contributed by atoms with Gasteiger partial charge in [0.1, 0.15) is 28.7 Å². The zero-order valence-electron chi connectivity index (χ0n) is 20.0. The molecule has 0 amide bonds. The van der Waals surface area contributed by atoms with E-state index in [2.05, 4.69) is 28.9 Å². The Kier molecular flexibility index (Phi) is 6.30. The van der Waals surface area contributed by atoms with Crippen LogP contribution in [0.3, 0.4) is 0 Å². The van der Waals surface area contributed by atoms with Crippen LogP contribution in [0, 0.1) is 11.6 Å². The van der Waals surface area contributed by atoms with E-state index < -0.39 is 11.6 Å². The molecular formula is C27H27F2N5O. The second kappa shape index (κ2) is 9.54. The minimum absolute atomic E-state index is 0.283. The fraction of sp³-hybridized carbons (Fsp3) is 0.296. The fourth-order valence-corrected chi connectivity index (χ4v) is 4.80. The molecule has 4 aromatic rings. The van der Waals surface area contributed by atoms with Crippen LogP contribution in [0.2, 0.25) is 0 Å². The summed E-state index contributed by atoms with van der Waals surface area (Å²) in [5, 5.41) is 0.780. The third-order valence-electron chi connectivity index (χ3n) is 6.31. The van der Waals surface area contributed by atoms with E-state index in [1.165, 1.54) is 12.1 Å². The van der Waals surface area contributed by atoms with Gasteiger partial charge in [-0.1, -0.05) is 0 Å². The quantitative estimate of drug-likeness (QED) is 0.383. The second-order valence-corrected chi connectivity index (χ2v) is 9.10. The maximum atomic E-state index is 14.0. The molecule has 35 heavy (non-hydrogen) atoms. The normalized spacial score (nSPS) is 15.8. The van der Waals surface area contributed by atoms with Crippen molar-refractivity contribution >= 4 is 16.7 Å². The van der Waals surface area contributed by atoms with E-state index >= 15 is 0 Å². The van der Waals surface area contributed by atoms with E-state index in [-0.39, 0.29) is 6.04 Å². The van der Waals surface area contributed by atoms with Crippen LogP contribution in [0.4, 0.5) is 14.6 Å². The predicted molar refractivity (Wildman–Crippen MR) is 134 cm³/mol. The van der Waals surface area contributed by atoms with E-state index in [4.69, 9.17) is 14.7 Å². The monoisotopic (exact) mass is 475 g/mol. The van der Waals surface area contributed by atoms with Gasteiger partial charge in [-0.2, -0.15) is 0 Å². The number of likely N-dealkylation sites (N-methyl/N-ethyl adjacent to an activating group) is 1. The summed E-state index contributed by atoms with van der Waals surface area (Å²) in [4.78, 5) is 18.6. The van der Waals surface area contributed by atoms with Crippen LogP contribution < -0.4 is 9.64 Å². The van der Waals surface area contributed by atoms with Crippen LogP contribution >= 0.6 is 0 Å². The van der Waals surface area contributed by atoms with E-state index in [0.717, 1.165) is 48.8 Å². The summed E-state index contributed by atoms with van der Waals surface area (Å²) in [5.74, 6) is 0.592. The second-order valence-electron chi connectivity index (χ2n) is 9.10. The van der Waals surface area contributed by atoms with E-state index in [1.807, 2.05) is 18.2 Å². The lowest BCUT2D eigenvalue weighted by Crippen LogP contribution is -2.38. The Hall–Kier alpha value is -3.65. The highest BCUT2D eigenvalue weighted by Crippen LogP contribution is 2.39. The molecule has 1 fully saturated rings. The highest BCUT2D eigenvalue weighted by molar-refractivity contribution is 5.98. The number of methoxy groups -OCH3 is 1. The summed E-state index contributed by atoms with van der Waals surface area (Å²) in [5.41, 5.74) is 2.51. The Balaban J connectivity index is 1.77. The van der Waals surface area contributed by atoms with E-state index in [9.17, 15) is 8.78 Å². The molecule has 0 saturated carbocycles. The number of aromatic nitrogens is 3. The molecule has 0 aliphatic carbocycles. The van der Waals surface area contributed by atoms with Crippen molar-refractivity contribution in [2.75, 3.05) is 39.2 Å². The SMILES string of the molecule is COc1cc(-c2cc(F)cc(F)c2)cc2c(N3CCCC3CN(C)C)nc(-c3cccnc3)nc12. The lowest BCUT2D eigenvalue weighted by molar-refractivity contribution is 0.371. The number of anilines is 1. The number of benzene rings is 2. The zero-order chi connectivity index (χ0) is 24.5. The number of halogens is 2. The first kappa shape index (κ1) is 23.1. The minimum atomic E-state index is -0.631. The molecule has 0 N–H and O–H groups in total. The maximum Gasteiger partial charge on any atom is 0.163 e. The van der Waals surface area contributed by atoms with Crippen LogP contribution in [0.5, 0.6) is 5.75 Å². The van der Waals surface area contributed by atoms with Gasteiger partial charge in [-0.25, -0.2) is 18.7 Å². The standard InChI is InChI=1S/C27H27F2N5O/c1-33(2)16-22-7-5-9-34(22)27-23-12-19(18-10-20(28)14-21(29)11-18)13-24(35-3)25(23)31-26(32-27)17-6-4-8-30-15-17/h4,6,8,10-15,22H,5,7,9,16H2,1-3H3. The first-order chi connectivity index (χ1) is 16.9. The highest BCUT2D eigenvalue weighted by Gasteiger charge is 2.29. The van der Waals surface area contributed by atoms with E-state index in [0.29, 0.717) is 28.2 Å². The summed E-state index contributed by atoms with van der Waals surface area (Å²) < 4.78 is 33.8. The van der Waals surface area contributed by atoms with Crippen LogP contribution in [-0.4, -0.2) is 60.2 Å². The number of rotatable bonds is 6. The number of hydrogen-bond acceptors (Lipinski definition) is 6. The molecule has 1 aliphatic heterocycles. The van der Waals surface area contributed by atoms with E-state index in [1.54, 1.807) is 25.6 Å². The molecular weight excluding hydrogens is 448 g/mol. The summed E-state index contributed by atoms with van der Waals surface area (Å²) in [6.45, 7) is 1.75. The number of ether oxygens (including phenoxy) is 1. The molecule has 5 rings (SSSR count). The number of hydrogen-bond donors (Lipinski definition) is 0. The molecule has 1 saturated heterocycles. The van der Waals surface area contributed by atoms with Crippen molar-refractivity contribution in [3.63, 3.8) is 0 Å². The smallest absolute Gasteiger partial charge is 0.163 e. The first-order valence-electron chi connectivity index (χ1n) is 11.6. The molecule has 1 unspecified atom stereocenters. The number of fused-ring (bicyclic) bond motifs is 1. The summed E-state index contributed by atoms with van der Waals surface area (Å²) in [6, 6.07) is 11.2. The summed E-state index contributed by atoms with van der Waals surface area (Å²) >= 11 is 0. The average molecular weight is 476 g/mol. The lowest BCUT2D eigenvalue weighted by atomic mass is 10.0. The first-order valence-corrected chi connectivity index (χ1v) is 11.6. The van der Waals surface area contributed by atoms with Gasteiger partial charge >= 0.3 is 0 Å². The van der Waals surface area contributed by atoms with Crippen LogP contribution in [-0.2, 0) is 0 Å². The molecule has 2 aromatic carbocycles. The van der Waals surface area contributed by atoms with Crippen molar-refractivity contribution in [1.29, 1.82) is 0 Å². The van der Waals surface area contributed by atoms with Crippen molar-refractivity contribution in [2.45, 2.75) is 18.9 Å². The van der Waals surface area contributed by atoms with Crippen molar-refractivity contribution in [2.24, 2.45) is 0 Å². The van der Waals surface area contributed by atoms with Crippen LogP contribution in [0.25, 0.3) is 33.4 Å². The molecule has 0 bridgehead atoms. The third-order valence-corrected chi connectivity index (χ3v) is 6.31. The molecule has 0 spiro atoms. The Morgan fingerprint density at radius 3 is 2.49 bits per heavy atom. The van der Waals surface area contributed by atoms with Gasteiger partial charge in [-0.3, -0.25) is 4.98 Å². The Bertz CT molecular complexity index is 1340. The van der Waals surface area contributed by atoms with Gasteiger partial charge in [0.2, 0.25) is 0 Å². The van der Waals surface area contributed by atoms with Gasteiger partial charge in [0.05, 0.1) is 7.11 Å². The largest absolute Gasteiger partial charge is 0.494 e. The van der Waals surface area contributed by atoms with Gasteiger partial charge in [0.25, 0.3) is 0 Å². The van der Waals surface area contributed by atoms with Gasteiger partial charge in [-0.05, 0) is 74.5 Å². The molecule has 180 valence electrons. The van der Waals surface area contributed by atoms with Gasteiger partial charge in [0, 0.05) is 48.5 Å². The Morgan fingerprint density at radius 2 is 1.80 bits per heavy atom. The van der Waals surface area contributed by atoms with Crippen molar-refractivity contribution < 1.29 is 13.5 Å². The van der Waals surface area contributed by atoms with Crippen molar-refractivity contribution in [1.82, 2.24) is 19.9 Å². The fourth-order valence-electron chi connectivity index (χ4n) is 4.80. The Morgan fingerprint density at radius 1 is 1.03 bits per heavy atom.